The molecule has 0 spiro atoms. The van der Waals surface area contributed by atoms with E-state index in [9.17, 15) is 0 Å². The van der Waals surface area contributed by atoms with Crippen molar-refractivity contribution in [3.63, 3.8) is 0 Å². The molecule has 0 amide bonds. The van der Waals surface area contributed by atoms with Gasteiger partial charge in [0.1, 0.15) is 0 Å². The molecule has 0 aliphatic carbocycles. The molecule has 0 aromatic rings. The molecular formula is C9H22ClMgN. The lowest BCUT2D eigenvalue weighted by atomic mass is 9.81. The number of rotatable bonds is 0. The van der Waals surface area contributed by atoms with Gasteiger partial charge in [-0.1, -0.05) is 6.92 Å². The molecule has 1 saturated heterocycles. The molecular weight excluding hydrogens is 182 g/mol. The third-order valence-corrected chi connectivity index (χ3v) is 3.32. The zero-order chi connectivity index (χ0) is 7.78. The molecule has 0 N–H and O–H groups in total. The van der Waals surface area contributed by atoms with Crippen LogP contribution in [0.25, 0.3) is 0 Å². The molecule has 0 saturated carbocycles. The largest absolute Gasteiger partial charge is 0.316 e. The lowest BCUT2D eigenvalue weighted by Gasteiger charge is -2.44. The van der Waals surface area contributed by atoms with Crippen LogP contribution in [0.1, 0.15) is 33.6 Å². The zero-order valence-electron chi connectivity index (χ0n) is 8.05. The minimum Gasteiger partial charge on any atom is -0.301 e. The van der Waals surface area contributed by atoms with E-state index in [-0.39, 0.29) is 35.5 Å². The summed E-state index contributed by atoms with van der Waals surface area (Å²) in [5, 5.41) is 0. The van der Waals surface area contributed by atoms with Crippen molar-refractivity contribution >= 4 is 35.5 Å². The number of hydrogen-bond acceptors (Lipinski definition) is 1. The van der Waals surface area contributed by atoms with E-state index in [1.807, 2.05) is 0 Å². The SMILES string of the molecule is CC1CCCN(C)C1(C)C.Cl.[MgH2]. The zero-order valence-corrected chi connectivity index (χ0v) is 8.87. The van der Waals surface area contributed by atoms with Crippen molar-refractivity contribution in [3.05, 3.63) is 0 Å². The maximum absolute atomic E-state index is 2.47. The minimum absolute atomic E-state index is 0. The summed E-state index contributed by atoms with van der Waals surface area (Å²) in [5.41, 5.74) is 0.429. The van der Waals surface area contributed by atoms with E-state index in [1.165, 1.54) is 19.4 Å². The number of halogens is 1. The van der Waals surface area contributed by atoms with Crippen molar-refractivity contribution < 1.29 is 0 Å². The normalized spacial score (nSPS) is 28.5. The summed E-state index contributed by atoms with van der Waals surface area (Å²) in [4.78, 5) is 2.47. The van der Waals surface area contributed by atoms with Gasteiger partial charge in [-0.25, -0.2) is 0 Å². The second kappa shape index (κ2) is 5.68. The molecule has 0 aromatic heterocycles. The van der Waals surface area contributed by atoms with E-state index in [1.54, 1.807) is 0 Å². The maximum Gasteiger partial charge on any atom is 0.316 e. The molecule has 1 unspecified atom stereocenters. The Labute approximate surface area is 98.8 Å². The average Bonchev–Trinajstić information content (AvgIpc) is 1.84. The van der Waals surface area contributed by atoms with E-state index in [0.29, 0.717) is 5.54 Å². The number of nitrogens with zero attached hydrogens (tertiary/aromatic N) is 1. The third-order valence-electron chi connectivity index (χ3n) is 3.32. The van der Waals surface area contributed by atoms with Crippen LogP contribution in [-0.2, 0) is 0 Å². The highest BCUT2D eigenvalue weighted by Gasteiger charge is 2.32. The standard InChI is InChI=1S/C9H19N.ClH.Mg.2H/c1-8-6-5-7-10(4)9(8,2)3;;;;/h8H,5-7H2,1-4H3;1H;;;. The van der Waals surface area contributed by atoms with Gasteiger partial charge in [-0.3, -0.25) is 0 Å². The lowest BCUT2D eigenvalue weighted by Crippen LogP contribution is -2.49. The van der Waals surface area contributed by atoms with Gasteiger partial charge in [0, 0.05) is 5.54 Å². The molecule has 3 heteroatoms. The molecule has 1 fully saturated rings. The van der Waals surface area contributed by atoms with Crippen LogP contribution < -0.4 is 0 Å². The fourth-order valence-corrected chi connectivity index (χ4v) is 1.65. The van der Waals surface area contributed by atoms with Gasteiger partial charge in [0.2, 0.25) is 0 Å². The van der Waals surface area contributed by atoms with E-state index in [0.717, 1.165) is 5.92 Å². The van der Waals surface area contributed by atoms with Gasteiger partial charge in [0.25, 0.3) is 0 Å². The second-order valence-electron chi connectivity index (χ2n) is 4.12. The minimum atomic E-state index is 0. The van der Waals surface area contributed by atoms with Crippen LogP contribution >= 0.6 is 12.4 Å². The number of hydrogen-bond donors (Lipinski definition) is 0. The Morgan fingerprint density at radius 3 is 2.17 bits per heavy atom. The summed E-state index contributed by atoms with van der Waals surface area (Å²) in [7, 11) is 2.23. The van der Waals surface area contributed by atoms with Crippen LogP contribution in [0.2, 0.25) is 0 Å². The molecule has 1 rings (SSSR count). The summed E-state index contributed by atoms with van der Waals surface area (Å²) >= 11 is 0. The topological polar surface area (TPSA) is 3.24 Å². The van der Waals surface area contributed by atoms with Gasteiger partial charge < -0.3 is 4.90 Å². The molecule has 1 atom stereocenters. The van der Waals surface area contributed by atoms with Crippen LogP contribution in [0.3, 0.4) is 0 Å². The number of piperidine rings is 1. The molecule has 0 bridgehead atoms. The van der Waals surface area contributed by atoms with Crippen LogP contribution in [0, 0.1) is 5.92 Å². The quantitative estimate of drug-likeness (QED) is 0.542. The Hall–Kier alpha value is 1.02. The highest BCUT2D eigenvalue weighted by molar-refractivity contribution is 5.85. The summed E-state index contributed by atoms with van der Waals surface area (Å²) in [6.07, 6.45) is 2.78. The first-order chi connectivity index (χ1) is 4.55. The van der Waals surface area contributed by atoms with Gasteiger partial charge in [0.15, 0.2) is 0 Å². The lowest BCUT2D eigenvalue weighted by molar-refractivity contribution is 0.0547. The van der Waals surface area contributed by atoms with Crippen LogP contribution in [0.15, 0.2) is 0 Å². The van der Waals surface area contributed by atoms with Crippen molar-refractivity contribution in [2.45, 2.75) is 39.2 Å². The summed E-state index contributed by atoms with van der Waals surface area (Å²) in [5.74, 6) is 0.853. The van der Waals surface area contributed by atoms with Crippen LogP contribution in [0.4, 0.5) is 0 Å². The first kappa shape index (κ1) is 15.5. The average molecular weight is 204 g/mol. The molecule has 0 radical (unpaired) electrons. The predicted molar refractivity (Wildman–Crippen MR) is 60.9 cm³/mol. The Bertz CT molecular complexity index is 116. The first-order valence-electron chi connectivity index (χ1n) is 4.26. The summed E-state index contributed by atoms with van der Waals surface area (Å²) in [6.45, 7) is 8.32. The first-order valence-corrected chi connectivity index (χ1v) is 4.26. The van der Waals surface area contributed by atoms with Crippen LogP contribution in [-0.4, -0.2) is 47.1 Å². The molecule has 1 nitrogen and oxygen atoms in total. The highest BCUT2D eigenvalue weighted by Crippen LogP contribution is 2.30. The molecule has 1 aliphatic rings. The van der Waals surface area contributed by atoms with Gasteiger partial charge in [-0.05, 0) is 46.2 Å². The van der Waals surface area contributed by atoms with Gasteiger partial charge in [-0.2, -0.15) is 0 Å². The fourth-order valence-electron chi connectivity index (χ4n) is 1.65. The van der Waals surface area contributed by atoms with Gasteiger partial charge in [-0.15, -0.1) is 12.4 Å². The molecule has 0 aromatic carbocycles. The highest BCUT2D eigenvalue weighted by atomic mass is 35.5. The fraction of sp³-hybridized carbons (Fsp3) is 1.00. The Balaban J connectivity index is 0. The smallest absolute Gasteiger partial charge is 0.301 e. The summed E-state index contributed by atoms with van der Waals surface area (Å²) < 4.78 is 0. The predicted octanol–water partition coefficient (Wildman–Crippen LogP) is 1.63. The van der Waals surface area contributed by atoms with Gasteiger partial charge >= 0.3 is 23.1 Å². The van der Waals surface area contributed by atoms with Crippen molar-refractivity contribution in [3.8, 4) is 0 Å². The van der Waals surface area contributed by atoms with Crippen molar-refractivity contribution in [1.82, 2.24) is 4.90 Å². The third kappa shape index (κ3) is 3.06. The second-order valence-corrected chi connectivity index (χ2v) is 4.12. The van der Waals surface area contributed by atoms with E-state index in [4.69, 9.17) is 0 Å². The molecule has 12 heavy (non-hydrogen) atoms. The number of likely N-dealkylation sites (tertiary alicyclic amines) is 1. The van der Waals surface area contributed by atoms with Crippen molar-refractivity contribution in [1.29, 1.82) is 0 Å². The van der Waals surface area contributed by atoms with Crippen molar-refractivity contribution in [2.75, 3.05) is 13.6 Å². The van der Waals surface area contributed by atoms with Crippen molar-refractivity contribution in [2.24, 2.45) is 5.92 Å². The molecule has 1 heterocycles. The Morgan fingerprint density at radius 1 is 1.33 bits per heavy atom. The Kier molecular flexibility index (Phi) is 7.34. The van der Waals surface area contributed by atoms with Crippen LogP contribution in [0.5, 0.6) is 0 Å². The van der Waals surface area contributed by atoms with E-state index in [2.05, 4.69) is 32.7 Å². The summed E-state index contributed by atoms with van der Waals surface area (Å²) in [6, 6.07) is 0. The Morgan fingerprint density at radius 2 is 1.83 bits per heavy atom. The monoisotopic (exact) mass is 203 g/mol. The molecule has 1 aliphatic heterocycles. The van der Waals surface area contributed by atoms with Gasteiger partial charge in [0.05, 0.1) is 0 Å². The molecule has 72 valence electrons. The van der Waals surface area contributed by atoms with E-state index < -0.39 is 0 Å². The van der Waals surface area contributed by atoms with E-state index >= 15 is 0 Å². The maximum atomic E-state index is 2.47.